The minimum Gasteiger partial charge on any atom is -0.378 e. The van der Waals surface area contributed by atoms with Gasteiger partial charge in [0.05, 0.1) is 6.10 Å². The van der Waals surface area contributed by atoms with E-state index in [-0.39, 0.29) is 24.0 Å². The first kappa shape index (κ1) is 26.2. The van der Waals surface area contributed by atoms with Crippen LogP contribution in [0.5, 0.6) is 0 Å². The molecule has 0 spiro atoms. The van der Waals surface area contributed by atoms with Crippen LogP contribution in [0.4, 0.5) is 0 Å². The Bertz CT molecular complexity index is 297. The van der Waals surface area contributed by atoms with Gasteiger partial charge >= 0.3 is 0 Å². The SMILES string of the molecule is CCNC(=NCCCN(CC)CC)NCCC(OCC)C(C)C.I. The van der Waals surface area contributed by atoms with Crippen LogP contribution >= 0.6 is 24.0 Å². The molecule has 0 fully saturated rings. The Labute approximate surface area is 167 Å². The summed E-state index contributed by atoms with van der Waals surface area (Å²) in [7, 11) is 0. The van der Waals surface area contributed by atoms with Gasteiger partial charge in [0.15, 0.2) is 5.96 Å². The van der Waals surface area contributed by atoms with Crippen molar-refractivity contribution in [3.05, 3.63) is 0 Å². The molecule has 1 unspecified atom stereocenters. The van der Waals surface area contributed by atoms with E-state index in [2.05, 4.69) is 62.1 Å². The van der Waals surface area contributed by atoms with Gasteiger partial charge in [-0.1, -0.05) is 27.7 Å². The quantitative estimate of drug-likeness (QED) is 0.193. The number of nitrogens with one attached hydrogen (secondary N) is 2. The number of guanidine groups is 1. The van der Waals surface area contributed by atoms with E-state index in [1.54, 1.807) is 0 Å². The molecule has 0 radical (unpaired) electrons. The summed E-state index contributed by atoms with van der Waals surface area (Å²) in [6, 6.07) is 0. The van der Waals surface area contributed by atoms with Gasteiger partial charge in [-0.2, -0.15) is 0 Å². The zero-order valence-electron chi connectivity index (χ0n) is 16.7. The summed E-state index contributed by atoms with van der Waals surface area (Å²) in [5, 5.41) is 6.74. The van der Waals surface area contributed by atoms with Gasteiger partial charge in [0.25, 0.3) is 0 Å². The number of ether oxygens (including phenoxy) is 1. The number of hydrogen-bond donors (Lipinski definition) is 2. The molecule has 146 valence electrons. The van der Waals surface area contributed by atoms with E-state index >= 15 is 0 Å². The molecule has 0 aliphatic rings. The van der Waals surface area contributed by atoms with E-state index in [9.17, 15) is 0 Å². The van der Waals surface area contributed by atoms with Crippen LogP contribution in [0.1, 0.15) is 54.4 Å². The molecule has 0 rings (SSSR count). The van der Waals surface area contributed by atoms with Gasteiger partial charge in [-0.15, -0.1) is 24.0 Å². The van der Waals surface area contributed by atoms with Crippen LogP contribution in [0.15, 0.2) is 4.99 Å². The van der Waals surface area contributed by atoms with Gasteiger partial charge in [-0.3, -0.25) is 4.99 Å². The van der Waals surface area contributed by atoms with Crippen molar-refractivity contribution >= 4 is 29.9 Å². The van der Waals surface area contributed by atoms with Crippen molar-refractivity contribution in [2.45, 2.75) is 60.5 Å². The predicted octanol–water partition coefficient (Wildman–Crippen LogP) is 3.34. The lowest BCUT2D eigenvalue weighted by Crippen LogP contribution is -2.39. The van der Waals surface area contributed by atoms with Gasteiger partial charge < -0.3 is 20.3 Å². The molecule has 0 aromatic carbocycles. The summed E-state index contributed by atoms with van der Waals surface area (Å²) in [6.45, 7) is 19.8. The van der Waals surface area contributed by atoms with Crippen LogP contribution in [0.25, 0.3) is 0 Å². The van der Waals surface area contributed by atoms with Gasteiger partial charge in [0, 0.05) is 26.2 Å². The van der Waals surface area contributed by atoms with E-state index in [1.807, 2.05) is 0 Å². The highest BCUT2D eigenvalue weighted by Crippen LogP contribution is 2.09. The number of nitrogens with zero attached hydrogens (tertiary/aromatic N) is 2. The highest BCUT2D eigenvalue weighted by atomic mass is 127. The van der Waals surface area contributed by atoms with Crippen LogP contribution < -0.4 is 10.6 Å². The van der Waals surface area contributed by atoms with Crippen molar-refractivity contribution in [1.29, 1.82) is 0 Å². The molecule has 0 aromatic heterocycles. The van der Waals surface area contributed by atoms with Crippen LogP contribution in [-0.4, -0.2) is 62.8 Å². The Hall–Kier alpha value is -0.0800. The van der Waals surface area contributed by atoms with Gasteiger partial charge in [-0.25, -0.2) is 0 Å². The molecule has 0 bridgehead atoms. The summed E-state index contributed by atoms with van der Waals surface area (Å²) in [4.78, 5) is 7.10. The third-order valence-corrected chi connectivity index (χ3v) is 3.99. The molecule has 2 N–H and O–H groups in total. The molecule has 1 atom stereocenters. The maximum Gasteiger partial charge on any atom is 0.191 e. The molecular weight excluding hydrogens is 415 g/mol. The van der Waals surface area contributed by atoms with Gasteiger partial charge in [0.2, 0.25) is 0 Å². The largest absolute Gasteiger partial charge is 0.378 e. The number of aliphatic imine (C=N–C) groups is 1. The molecule has 5 nitrogen and oxygen atoms in total. The minimum atomic E-state index is 0. The molecule has 0 aliphatic heterocycles. The van der Waals surface area contributed by atoms with Gasteiger partial charge in [-0.05, 0) is 52.2 Å². The van der Waals surface area contributed by atoms with Gasteiger partial charge in [0.1, 0.15) is 0 Å². The van der Waals surface area contributed by atoms with E-state index in [0.717, 1.165) is 64.7 Å². The summed E-state index contributed by atoms with van der Waals surface area (Å²) in [6.07, 6.45) is 2.43. The summed E-state index contributed by atoms with van der Waals surface area (Å²) >= 11 is 0. The third kappa shape index (κ3) is 13.2. The Morgan fingerprint density at radius 3 is 2.25 bits per heavy atom. The number of rotatable bonds is 13. The molecule has 0 amide bonds. The number of hydrogen-bond acceptors (Lipinski definition) is 3. The van der Waals surface area contributed by atoms with Crippen LogP contribution in [0.2, 0.25) is 0 Å². The zero-order valence-corrected chi connectivity index (χ0v) is 19.1. The molecule has 0 aromatic rings. The standard InChI is InChI=1S/C18H40N4O.HI/c1-7-19-18(20-13-11-15-22(8-2)9-3)21-14-12-17(16(5)6)23-10-4;/h16-17H,7-15H2,1-6H3,(H2,19,20,21);1H. The summed E-state index contributed by atoms with van der Waals surface area (Å²) < 4.78 is 5.79. The lowest BCUT2D eigenvalue weighted by molar-refractivity contribution is 0.0258. The average Bonchev–Trinajstić information content (AvgIpc) is 2.53. The van der Waals surface area contributed by atoms with Crippen molar-refractivity contribution in [1.82, 2.24) is 15.5 Å². The first-order chi connectivity index (χ1) is 11.1. The maximum atomic E-state index is 5.79. The average molecular weight is 456 g/mol. The molecule has 0 aliphatic carbocycles. The molecule has 6 heteroatoms. The van der Waals surface area contributed by atoms with Crippen molar-refractivity contribution < 1.29 is 4.74 Å². The van der Waals surface area contributed by atoms with Crippen LogP contribution in [-0.2, 0) is 4.74 Å². The smallest absolute Gasteiger partial charge is 0.191 e. The monoisotopic (exact) mass is 456 g/mol. The van der Waals surface area contributed by atoms with Crippen molar-refractivity contribution in [3.63, 3.8) is 0 Å². The Morgan fingerprint density at radius 1 is 1.08 bits per heavy atom. The van der Waals surface area contributed by atoms with E-state index in [1.165, 1.54) is 0 Å². The molecule has 24 heavy (non-hydrogen) atoms. The van der Waals surface area contributed by atoms with Crippen molar-refractivity contribution in [3.8, 4) is 0 Å². The molecule has 0 heterocycles. The topological polar surface area (TPSA) is 48.9 Å². The first-order valence-corrected chi connectivity index (χ1v) is 9.44. The maximum absolute atomic E-state index is 5.79. The fraction of sp³-hybridized carbons (Fsp3) is 0.944. The lowest BCUT2D eigenvalue weighted by Gasteiger charge is -2.21. The van der Waals surface area contributed by atoms with Crippen molar-refractivity contribution in [2.24, 2.45) is 10.9 Å². The first-order valence-electron chi connectivity index (χ1n) is 9.44. The molecular formula is C18H41IN4O. The van der Waals surface area contributed by atoms with E-state index < -0.39 is 0 Å². The highest BCUT2D eigenvalue weighted by molar-refractivity contribution is 14.0. The second kappa shape index (κ2) is 17.7. The third-order valence-electron chi connectivity index (χ3n) is 3.99. The lowest BCUT2D eigenvalue weighted by atomic mass is 10.0. The van der Waals surface area contributed by atoms with E-state index in [4.69, 9.17) is 4.74 Å². The summed E-state index contributed by atoms with van der Waals surface area (Å²) in [5.41, 5.74) is 0. The van der Waals surface area contributed by atoms with Crippen LogP contribution in [0, 0.1) is 5.92 Å². The molecule has 0 saturated heterocycles. The Balaban J connectivity index is 0. The second-order valence-electron chi connectivity index (χ2n) is 6.09. The Kier molecular flexibility index (Phi) is 19.3. The highest BCUT2D eigenvalue weighted by Gasteiger charge is 2.12. The zero-order chi connectivity index (χ0) is 17.5. The fourth-order valence-corrected chi connectivity index (χ4v) is 2.52. The van der Waals surface area contributed by atoms with E-state index in [0.29, 0.717) is 12.0 Å². The fourth-order valence-electron chi connectivity index (χ4n) is 2.52. The number of halogens is 1. The van der Waals surface area contributed by atoms with Crippen molar-refractivity contribution in [2.75, 3.05) is 45.9 Å². The normalized spacial score (nSPS) is 13.1. The summed E-state index contributed by atoms with van der Waals surface area (Å²) in [5.74, 6) is 1.47. The Morgan fingerprint density at radius 2 is 1.75 bits per heavy atom. The second-order valence-corrected chi connectivity index (χ2v) is 6.09. The van der Waals surface area contributed by atoms with Crippen LogP contribution in [0.3, 0.4) is 0 Å². The predicted molar refractivity (Wildman–Crippen MR) is 117 cm³/mol. The minimum absolute atomic E-state index is 0. The molecule has 0 saturated carbocycles.